The van der Waals surface area contributed by atoms with E-state index < -0.39 is 16.4 Å². The van der Waals surface area contributed by atoms with Gasteiger partial charge in [0.15, 0.2) is 5.65 Å². The number of rotatable bonds is 6. The minimum Gasteiger partial charge on any atom is -0.493 e. The van der Waals surface area contributed by atoms with Crippen molar-refractivity contribution in [1.29, 1.82) is 0 Å². The van der Waals surface area contributed by atoms with Crippen LogP contribution in [0.2, 0.25) is 0 Å². The normalized spacial score (nSPS) is 17.5. The molecule has 1 atom stereocenters. The van der Waals surface area contributed by atoms with E-state index in [4.69, 9.17) is 0 Å². The number of anilines is 1. The van der Waals surface area contributed by atoms with Gasteiger partial charge in [0.05, 0.1) is 18.1 Å². The van der Waals surface area contributed by atoms with Crippen molar-refractivity contribution in [3.63, 3.8) is 0 Å². The minimum absolute atomic E-state index is 0.0992. The molecule has 0 radical (unpaired) electrons. The highest BCUT2D eigenvalue weighted by molar-refractivity contribution is 7.88. The van der Waals surface area contributed by atoms with Crippen LogP contribution in [0.3, 0.4) is 0 Å². The number of pyridine rings is 1. The molecule has 0 aliphatic carbocycles. The summed E-state index contributed by atoms with van der Waals surface area (Å²) in [5, 5.41) is 14.2. The molecule has 166 valence electrons. The van der Waals surface area contributed by atoms with E-state index in [0.717, 1.165) is 19.1 Å². The zero-order chi connectivity index (χ0) is 22.2. The Kier molecular flexibility index (Phi) is 5.75. The molecule has 1 saturated heterocycles. The molecule has 0 bridgehead atoms. The number of imidazole rings is 1. The fourth-order valence-corrected chi connectivity index (χ4v) is 4.26. The van der Waals surface area contributed by atoms with E-state index in [1.807, 2.05) is 4.90 Å². The molecule has 12 heteroatoms. The molecule has 3 aromatic rings. The van der Waals surface area contributed by atoms with Crippen molar-refractivity contribution in [2.24, 2.45) is 5.92 Å². The van der Waals surface area contributed by atoms with Crippen molar-refractivity contribution in [3.8, 4) is 17.1 Å². The first-order valence-electron chi connectivity index (χ1n) is 9.73. The molecule has 3 aromatic heterocycles. The lowest BCUT2D eigenvalue weighted by atomic mass is 9.98. The highest BCUT2D eigenvalue weighted by Gasteiger charge is 2.23. The van der Waals surface area contributed by atoms with E-state index in [2.05, 4.69) is 19.8 Å². The van der Waals surface area contributed by atoms with Gasteiger partial charge in [-0.2, -0.15) is 10.1 Å². The van der Waals surface area contributed by atoms with Gasteiger partial charge in [-0.1, -0.05) is 0 Å². The fraction of sp³-hybridized carbons (Fsp3) is 0.421. The second-order valence-corrected chi connectivity index (χ2v) is 9.45. The molecule has 1 aliphatic heterocycles. The molecular formula is C19H22F2N6O3S. The maximum absolute atomic E-state index is 13.1. The molecule has 0 amide bonds. The highest BCUT2D eigenvalue weighted by Crippen LogP contribution is 2.30. The number of halogens is 2. The number of fused-ring (bicyclic) bond motifs is 1. The summed E-state index contributed by atoms with van der Waals surface area (Å²) in [7, 11) is -3.27. The summed E-state index contributed by atoms with van der Waals surface area (Å²) >= 11 is 0. The van der Waals surface area contributed by atoms with Gasteiger partial charge in [-0.25, -0.2) is 31.4 Å². The van der Waals surface area contributed by atoms with E-state index in [0.29, 0.717) is 42.4 Å². The quantitative estimate of drug-likeness (QED) is 0.590. The first-order chi connectivity index (χ1) is 14.7. The summed E-state index contributed by atoms with van der Waals surface area (Å²) in [6.45, 7) is 1.60. The molecule has 0 aromatic carbocycles. The lowest BCUT2D eigenvalue weighted by Gasteiger charge is -2.33. The Morgan fingerprint density at radius 1 is 1.32 bits per heavy atom. The van der Waals surface area contributed by atoms with E-state index in [-0.39, 0.29) is 17.5 Å². The Morgan fingerprint density at radius 3 is 2.87 bits per heavy atom. The van der Waals surface area contributed by atoms with Crippen LogP contribution in [-0.4, -0.2) is 59.0 Å². The van der Waals surface area contributed by atoms with Crippen molar-refractivity contribution in [2.45, 2.75) is 19.3 Å². The molecule has 9 nitrogen and oxygen atoms in total. The fourth-order valence-electron chi connectivity index (χ4n) is 3.72. The van der Waals surface area contributed by atoms with Gasteiger partial charge in [-0.15, -0.1) is 0 Å². The smallest absolute Gasteiger partial charge is 0.282 e. The second-order valence-electron chi connectivity index (χ2n) is 7.62. The molecule has 0 spiro atoms. The van der Waals surface area contributed by atoms with Gasteiger partial charge in [-0.3, -0.25) is 0 Å². The van der Waals surface area contributed by atoms with Crippen molar-refractivity contribution >= 4 is 21.5 Å². The van der Waals surface area contributed by atoms with E-state index in [1.165, 1.54) is 28.9 Å². The molecule has 1 aliphatic rings. The Labute approximate surface area is 177 Å². The van der Waals surface area contributed by atoms with Crippen molar-refractivity contribution in [3.05, 3.63) is 36.2 Å². The van der Waals surface area contributed by atoms with Gasteiger partial charge < -0.3 is 10.0 Å². The van der Waals surface area contributed by atoms with Crippen LogP contribution in [0.1, 0.15) is 25.0 Å². The Hall–Kier alpha value is -2.86. The number of aromatic hydroxyl groups is 1. The van der Waals surface area contributed by atoms with Gasteiger partial charge in [0.25, 0.3) is 6.43 Å². The maximum Gasteiger partial charge on any atom is 0.282 e. The summed E-state index contributed by atoms with van der Waals surface area (Å²) in [6.07, 6.45) is 1.63. The summed E-state index contributed by atoms with van der Waals surface area (Å²) in [5.41, 5.74) is 1.01. The van der Waals surface area contributed by atoms with Crippen LogP contribution in [-0.2, 0) is 10.0 Å². The third-order valence-electron chi connectivity index (χ3n) is 5.18. The standard InChI is InChI=1S/C19H22F2N6O3S/c1-31(29,30)23-9-12-3-2-6-26(11-12)17-7-13(8-18(28)24-17)15-10-22-16-5-4-14(19(20)21)25-27(15)16/h4-5,7-8,10,12,19,23H,2-3,6,9,11H2,1H3,(H,24,28). The minimum atomic E-state index is -3.27. The number of hydrogen-bond acceptors (Lipinski definition) is 7. The number of nitrogens with one attached hydrogen (secondary N) is 1. The number of nitrogens with zero attached hydrogens (tertiary/aromatic N) is 5. The van der Waals surface area contributed by atoms with Crippen LogP contribution in [0, 0.1) is 5.92 Å². The average Bonchev–Trinajstić information content (AvgIpc) is 3.15. The first-order valence-corrected chi connectivity index (χ1v) is 11.6. The first kappa shape index (κ1) is 21.4. The molecular weight excluding hydrogens is 430 g/mol. The number of sulfonamides is 1. The van der Waals surface area contributed by atoms with Crippen LogP contribution < -0.4 is 9.62 Å². The lowest BCUT2D eigenvalue weighted by molar-refractivity contribution is 0.144. The van der Waals surface area contributed by atoms with Crippen LogP contribution in [0.5, 0.6) is 5.88 Å². The van der Waals surface area contributed by atoms with E-state index in [9.17, 15) is 22.3 Å². The molecule has 0 saturated carbocycles. The van der Waals surface area contributed by atoms with Crippen LogP contribution in [0.15, 0.2) is 30.5 Å². The largest absolute Gasteiger partial charge is 0.493 e. The molecule has 31 heavy (non-hydrogen) atoms. The zero-order valence-electron chi connectivity index (χ0n) is 16.7. The summed E-state index contributed by atoms with van der Waals surface area (Å²) in [4.78, 5) is 10.4. The summed E-state index contributed by atoms with van der Waals surface area (Å²) in [5.74, 6) is 0.394. The van der Waals surface area contributed by atoms with Crippen LogP contribution >= 0.6 is 0 Å². The summed E-state index contributed by atoms with van der Waals surface area (Å²) in [6, 6.07) is 5.86. The second kappa shape index (κ2) is 8.35. The van der Waals surface area contributed by atoms with Gasteiger partial charge in [0, 0.05) is 31.3 Å². The number of piperidine rings is 1. The predicted octanol–water partition coefficient (Wildman–Crippen LogP) is 2.20. The monoisotopic (exact) mass is 452 g/mol. The molecule has 2 N–H and O–H groups in total. The van der Waals surface area contributed by atoms with Crippen LogP contribution in [0.25, 0.3) is 16.9 Å². The third kappa shape index (κ3) is 4.90. The van der Waals surface area contributed by atoms with Gasteiger partial charge in [-0.05, 0) is 37.0 Å². The number of alkyl halides is 2. The van der Waals surface area contributed by atoms with Gasteiger partial charge in [0.2, 0.25) is 15.9 Å². The average molecular weight is 452 g/mol. The lowest BCUT2D eigenvalue weighted by Crippen LogP contribution is -2.41. The topological polar surface area (TPSA) is 113 Å². The molecule has 4 heterocycles. The van der Waals surface area contributed by atoms with Crippen molar-refractivity contribution < 1.29 is 22.3 Å². The molecule has 4 rings (SSSR count). The predicted molar refractivity (Wildman–Crippen MR) is 111 cm³/mol. The Bertz CT molecular complexity index is 1200. The summed E-state index contributed by atoms with van der Waals surface area (Å²) < 4.78 is 52.8. The zero-order valence-corrected chi connectivity index (χ0v) is 17.6. The third-order valence-corrected chi connectivity index (χ3v) is 5.87. The van der Waals surface area contributed by atoms with Crippen LogP contribution in [0.4, 0.5) is 14.6 Å². The molecule has 1 unspecified atom stereocenters. The van der Waals surface area contributed by atoms with Gasteiger partial charge >= 0.3 is 0 Å². The Balaban J connectivity index is 1.63. The van der Waals surface area contributed by atoms with E-state index in [1.54, 1.807) is 6.07 Å². The molecule has 1 fully saturated rings. The van der Waals surface area contributed by atoms with Gasteiger partial charge in [0.1, 0.15) is 11.5 Å². The van der Waals surface area contributed by atoms with Crippen molar-refractivity contribution in [2.75, 3.05) is 30.8 Å². The highest BCUT2D eigenvalue weighted by atomic mass is 32.2. The van der Waals surface area contributed by atoms with Crippen molar-refractivity contribution in [1.82, 2.24) is 24.3 Å². The number of hydrogen-bond donors (Lipinski definition) is 2. The number of aromatic nitrogens is 4. The SMILES string of the molecule is CS(=O)(=O)NCC1CCCN(c2cc(-c3cnc4ccc(C(F)F)nn34)cc(O)n2)C1. The maximum atomic E-state index is 13.1. The van der Waals surface area contributed by atoms with E-state index >= 15 is 0 Å². The Morgan fingerprint density at radius 2 is 2.13 bits per heavy atom.